The first-order valence-corrected chi connectivity index (χ1v) is 5.62. The van der Waals surface area contributed by atoms with Crippen molar-refractivity contribution in [3.63, 3.8) is 0 Å². The third-order valence-corrected chi connectivity index (χ3v) is 4.37. The lowest BCUT2D eigenvalue weighted by molar-refractivity contribution is 1.46. The third-order valence-electron chi connectivity index (χ3n) is 2.19. The highest BCUT2D eigenvalue weighted by Crippen LogP contribution is 2.32. The van der Waals surface area contributed by atoms with Gasteiger partial charge < -0.3 is 0 Å². The Hall–Kier alpha value is -0.340. The average Bonchev–Trinajstić information content (AvgIpc) is 2.15. The van der Waals surface area contributed by atoms with Crippen LogP contribution < -0.4 is 0 Å². The van der Waals surface area contributed by atoms with Gasteiger partial charge in [-0.15, -0.1) is 0 Å². The van der Waals surface area contributed by atoms with E-state index in [0.29, 0.717) is 0 Å². The molecule has 0 heterocycles. The molecule has 0 atom stereocenters. The van der Waals surface area contributed by atoms with Gasteiger partial charge in [-0.2, -0.15) is 0 Å². The van der Waals surface area contributed by atoms with Crippen LogP contribution in [0.4, 0.5) is 0 Å². The molecule has 13 heavy (non-hydrogen) atoms. The number of aryl methyl sites for hydroxylation is 1. The van der Waals surface area contributed by atoms with Crippen LogP contribution >= 0.6 is 31.9 Å². The van der Waals surface area contributed by atoms with Crippen LogP contribution in [0.15, 0.2) is 39.3 Å². The van der Waals surface area contributed by atoms with E-state index in [1.54, 1.807) is 0 Å². The van der Waals surface area contributed by atoms with Gasteiger partial charge in [-0.25, -0.2) is 0 Å². The number of halogens is 2. The predicted octanol–water partition coefficient (Wildman–Crippen LogP) is 4.67. The zero-order chi connectivity index (χ0) is 9.42. The first-order chi connectivity index (χ1) is 6.20. The predicted molar refractivity (Wildman–Crippen MR) is 64.1 cm³/mol. The van der Waals surface area contributed by atoms with Gasteiger partial charge in [0.25, 0.3) is 0 Å². The van der Waals surface area contributed by atoms with Crippen molar-refractivity contribution in [2.75, 3.05) is 0 Å². The molecule has 0 aliphatic rings. The summed E-state index contributed by atoms with van der Waals surface area (Å²) in [5.74, 6) is 0. The number of hydrogen-bond donors (Lipinski definition) is 0. The van der Waals surface area contributed by atoms with Gasteiger partial charge in [0.15, 0.2) is 0 Å². The third kappa shape index (κ3) is 1.53. The van der Waals surface area contributed by atoms with Crippen molar-refractivity contribution in [1.82, 2.24) is 0 Å². The molecule has 0 N–H and O–H groups in total. The number of hydrogen-bond acceptors (Lipinski definition) is 0. The highest BCUT2D eigenvalue weighted by atomic mass is 79.9. The highest BCUT2D eigenvalue weighted by Gasteiger charge is 2.04. The number of rotatable bonds is 0. The molecule has 0 saturated heterocycles. The lowest BCUT2D eigenvalue weighted by Crippen LogP contribution is -1.81. The SMILES string of the molecule is Cc1c(Br)c(Br)cc2ccccc12. The van der Waals surface area contributed by atoms with E-state index in [-0.39, 0.29) is 0 Å². The van der Waals surface area contributed by atoms with Gasteiger partial charge in [0.1, 0.15) is 0 Å². The van der Waals surface area contributed by atoms with Crippen molar-refractivity contribution < 1.29 is 0 Å². The highest BCUT2D eigenvalue weighted by molar-refractivity contribution is 9.13. The summed E-state index contributed by atoms with van der Waals surface area (Å²) < 4.78 is 2.26. The Morgan fingerprint density at radius 3 is 2.54 bits per heavy atom. The van der Waals surface area contributed by atoms with Gasteiger partial charge in [0.2, 0.25) is 0 Å². The van der Waals surface area contributed by atoms with Gasteiger partial charge >= 0.3 is 0 Å². The van der Waals surface area contributed by atoms with Gasteiger partial charge in [-0.1, -0.05) is 24.3 Å². The van der Waals surface area contributed by atoms with Crippen LogP contribution in [0.25, 0.3) is 10.8 Å². The molecular weight excluding hydrogens is 292 g/mol. The van der Waals surface area contributed by atoms with E-state index in [9.17, 15) is 0 Å². The Balaban J connectivity index is 2.94. The molecular formula is C11H8Br2. The van der Waals surface area contributed by atoms with Crippen molar-refractivity contribution >= 4 is 42.6 Å². The second-order valence-corrected chi connectivity index (χ2v) is 4.67. The molecule has 0 amide bonds. The van der Waals surface area contributed by atoms with Crippen molar-refractivity contribution in [2.24, 2.45) is 0 Å². The summed E-state index contributed by atoms with van der Waals surface area (Å²) in [5, 5.41) is 2.58. The average molecular weight is 300 g/mol. The Morgan fingerprint density at radius 2 is 1.77 bits per heavy atom. The Labute approximate surface area is 94.2 Å². The van der Waals surface area contributed by atoms with Crippen LogP contribution in [0, 0.1) is 6.92 Å². The molecule has 0 fully saturated rings. The summed E-state index contributed by atoms with van der Waals surface area (Å²) in [7, 11) is 0. The molecule has 0 aromatic heterocycles. The summed E-state index contributed by atoms with van der Waals surface area (Å²) in [5.41, 5.74) is 1.28. The quantitative estimate of drug-likeness (QED) is 0.663. The van der Waals surface area contributed by atoms with Crippen LogP contribution in [0.5, 0.6) is 0 Å². The minimum Gasteiger partial charge on any atom is -0.0616 e. The van der Waals surface area contributed by atoms with E-state index in [1.165, 1.54) is 16.3 Å². The summed E-state index contributed by atoms with van der Waals surface area (Å²) in [6.45, 7) is 2.12. The lowest BCUT2D eigenvalue weighted by Gasteiger charge is -2.06. The zero-order valence-corrected chi connectivity index (χ0v) is 10.3. The lowest BCUT2D eigenvalue weighted by atomic mass is 10.1. The second kappa shape index (κ2) is 3.43. The monoisotopic (exact) mass is 298 g/mol. The first-order valence-electron chi connectivity index (χ1n) is 4.03. The van der Waals surface area contributed by atoms with Gasteiger partial charge in [-0.05, 0) is 61.2 Å². The smallest absolute Gasteiger partial charge is 0.0353 e. The minimum atomic E-state index is 1.11. The molecule has 2 aromatic carbocycles. The molecule has 0 nitrogen and oxygen atoms in total. The molecule has 0 radical (unpaired) electrons. The van der Waals surface area contributed by atoms with E-state index < -0.39 is 0 Å². The van der Waals surface area contributed by atoms with Gasteiger partial charge in [0, 0.05) is 8.95 Å². The molecule has 0 aliphatic carbocycles. The molecule has 0 aliphatic heterocycles. The largest absolute Gasteiger partial charge is 0.0616 e. The van der Waals surface area contributed by atoms with Crippen molar-refractivity contribution in [3.05, 3.63) is 44.8 Å². The second-order valence-electron chi connectivity index (χ2n) is 3.02. The molecule has 2 aromatic rings. The maximum Gasteiger partial charge on any atom is 0.0353 e. The van der Waals surface area contributed by atoms with Crippen LogP contribution in [0.1, 0.15) is 5.56 Å². The molecule has 0 unspecified atom stereocenters. The van der Waals surface area contributed by atoms with Crippen LogP contribution in [0.3, 0.4) is 0 Å². The maximum atomic E-state index is 3.55. The number of benzene rings is 2. The minimum absolute atomic E-state index is 1.11. The number of fused-ring (bicyclic) bond motifs is 1. The summed E-state index contributed by atoms with van der Waals surface area (Å²) in [6, 6.07) is 10.5. The molecule has 66 valence electrons. The topological polar surface area (TPSA) is 0 Å². The van der Waals surface area contributed by atoms with E-state index in [4.69, 9.17) is 0 Å². The maximum absolute atomic E-state index is 3.55. The van der Waals surface area contributed by atoms with Crippen LogP contribution in [-0.4, -0.2) is 0 Å². The fraction of sp³-hybridized carbons (Fsp3) is 0.0909. The van der Waals surface area contributed by atoms with E-state index >= 15 is 0 Å². The molecule has 0 spiro atoms. The zero-order valence-electron chi connectivity index (χ0n) is 7.14. The van der Waals surface area contributed by atoms with Crippen molar-refractivity contribution in [2.45, 2.75) is 6.92 Å². The summed E-state index contributed by atoms with van der Waals surface area (Å²) in [6.07, 6.45) is 0. The Kier molecular flexibility index (Phi) is 2.43. The van der Waals surface area contributed by atoms with E-state index in [0.717, 1.165) is 8.95 Å². The van der Waals surface area contributed by atoms with Crippen molar-refractivity contribution in [3.8, 4) is 0 Å². The molecule has 2 heteroatoms. The van der Waals surface area contributed by atoms with Crippen molar-refractivity contribution in [1.29, 1.82) is 0 Å². The normalized spacial score (nSPS) is 10.7. The first kappa shape index (κ1) is 9.22. The van der Waals surface area contributed by atoms with E-state index in [2.05, 4.69) is 69.1 Å². The Morgan fingerprint density at radius 1 is 1.08 bits per heavy atom. The molecule has 0 saturated carbocycles. The molecule has 0 bridgehead atoms. The fourth-order valence-electron chi connectivity index (χ4n) is 1.46. The standard InChI is InChI=1S/C11H8Br2/c1-7-9-5-3-2-4-8(9)6-10(12)11(7)13/h2-6H,1H3. The van der Waals surface area contributed by atoms with Gasteiger partial charge in [0.05, 0.1) is 0 Å². The van der Waals surface area contributed by atoms with Crippen LogP contribution in [0.2, 0.25) is 0 Å². The van der Waals surface area contributed by atoms with E-state index in [1.807, 2.05) is 0 Å². The Bertz CT molecular complexity index is 461. The van der Waals surface area contributed by atoms with Crippen LogP contribution in [-0.2, 0) is 0 Å². The summed E-state index contributed by atoms with van der Waals surface area (Å²) in [4.78, 5) is 0. The van der Waals surface area contributed by atoms with Gasteiger partial charge in [-0.3, -0.25) is 0 Å². The summed E-state index contributed by atoms with van der Waals surface area (Å²) >= 11 is 7.07. The molecule has 2 rings (SSSR count). The fourth-order valence-corrected chi connectivity index (χ4v) is 2.33.